The maximum Gasteiger partial charge on any atom is 0.238 e. The Bertz CT molecular complexity index is 835. The summed E-state index contributed by atoms with van der Waals surface area (Å²) in [6, 6.07) is 15.4. The highest BCUT2D eigenvalue weighted by molar-refractivity contribution is 9.10. The van der Waals surface area contributed by atoms with E-state index in [1.165, 1.54) is 24.9 Å². The van der Waals surface area contributed by atoms with Crippen molar-refractivity contribution in [3.8, 4) is 0 Å². The number of amides is 2. The number of benzene rings is 2. The third-order valence-corrected chi connectivity index (χ3v) is 5.54. The van der Waals surface area contributed by atoms with Crippen LogP contribution in [0, 0.1) is 0 Å². The van der Waals surface area contributed by atoms with Crippen LogP contribution >= 0.6 is 15.9 Å². The first-order valence-corrected chi connectivity index (χ1v) is 10.7. The lowest BCUT2D eigenvalue weighted by molar-refractivity contribution is -0.119. The van der Waals surface area contributed by atoms with Crippen LogP contribution in [0.1, 0.15) is 19.3 Å². The van der Waals surface area contributed by atoms with Crippen LogP contribution in [0.15, 0.2) is 53.0 Å². The van der Waals surface area contributed by atoms with E-state index in [0.29, 0.717) is 5.69 Å². The molecule has 2 N–H and O–H groups in total. The highest BCUT2D eigenvalue weighted by Gasteiger charge is 2.13. The molecule has 1 aliphatic rings. The number of rotatable bonds is 7. The Morgan fingerprint density at radius 3 is 2.21 bits per heavy atom. The summed E-state index contributed by atoms with van der Waals surface area (Å²) in [7, 11) is 1.75. The second-order valence-electron chi connectivity index (χ2n) is 7.34. The molecular weight excluding hydrogens is 432 g/mol. The van der Waals surface area contributed by atoms with E-state index in [-0.39, 0.29) is 24.9 Å². The minimum Gasteiger partial charge on any atom is -0.372 e. The Morgan fingerprint density at radius 2 is 1.55 bits per heavy atom. The standard InChI is InChI=1S/C22H27BrN4O2/c1-26(16-22(29)25-20-8-4-3-7-19(20)23)15-21(28)24-17-9-11-18(12-10-17)27-13-5-2-6-14-27/h3-4,7-12H,2,5-6,13-16H2,1H3,(H,24,28)(H,25,29). The molecule has 1 heterocycles. The molecule has 3 rings (SSSR count). The Hall–Kier alpha value is -2.38. The average Bonchev–Trinajstić information content (AvgIpc) is 2.70. The van der Waals surface area contributed by atoms with Crippen LogP contribution in [-0.4, -0.2) is 49.9 Å². The van der Waals surface area contributed by atoms with Crippen LogP contribution in [0.5, 0.6) is 0 Å². The molecule has 7 heteroatoms. The summed E-state index contributed by atoms with van der Waals surface area (Å²) in [5, 5.41) is 5.73. The van der Waals surface area contributed by atoms with Gasteiger partial charge in [0.2, 0.25) is 11.8 Å². The quantitative estimate of drug-likeness (QED) is 0.659. The van der Waals surface area contributed by atoms with Gasteiger partial charge in [-0.05, 0) is 78.6 Å². The fraction of sp³-hybridized carbons (Fsp3) is 0.364. The zero-order valence-corrected chi connectivity index (χ0v) is 18.2. The van der Waals surface area contributed by atoms with Gasteiger partial charge in [0.1, 0.15) is 0 Å². The van der Waals surface area contributed by atoms with Crippen molar-refractivity contribution in [2.75, 3.05) is 48.8 Å². The predicted octanol–water partition coefficient (Wildman–Crippen LogP) is 3.95. The van der Waals surface area contributed by atoms with Crippen molar-refractivity contribution in [2.45, 2.75) is 19.3 Å². The van der Waals surface area contributed by atoms with Crippen LogP contribution in [0.2, 0.25) is 0 Å². The van der Waals surface area contributed by atoms with Crippen LogP contribution in [0.25, 0.3) is 0 Å². The second kappa shape index (κ2) is 10.4. The zero-order valence-electron chi connectivity index (χ0n) is 16.7. The molecule has 0 aromatic heterocycles. The number of nitrogens with one attached hydrogen (secondary N) is 2. The largest absolute Gasteiger partial charge is 0.372 e. The number of halogens is 1. The third kappa shape index (κ3) is 6.58. The number of hydrogen-bond acceptors (Lipinski definition) is 4. The van der Waals surface area contributed by atoms with Gasteiger partial charge in [0.05, 0.1) is 18.8 Å². The molecular formula is C22H27BrN4O2. The lowest BCUT2D eigenvalue weighted by Gasteiger charge is -2.28. The first-order valence-electron chi connectivity index (χ1n) is 9.89. The summed E-state index contributed by atoms with van der Waals surface area (Å²) in [5.74, 6) is -0.315. The van der Waals surface area contributed by atoms with Crippen LogP contribution in [-0.2, 0) is 9.59 Å². The van der Waals surface area contributed by atoms with Crippen LogP contribution < -0.4 is 15.5 Å². The molecule has 0 radical (unpaired) electrons. The minimum absolute atomic E-state index is 0.128. The predicted molar refractivity (Wildman–Crippen MR) is 121 cm³/mol. The molecule has 0 aliphatic carbocycles. The Balaban J connectivity index is 1.44. The number of carbonyl (C=O) groups is 2. The summed E-state index contributed by atoms with van der Waals surface area (Å²) < 4.78 is 0.821. The third-order valence-electron chi connectivity index (χ3n) is 4.85. The molecule has 1 fully saturated rings. The van der Waals surface area contributed by atoms with Gasteiger partial charge in [0.15, 0.2) is 0 Å². The van der Waals surface area contributed by atoms with Crippen molar-refractivity contribution in [1.82, 2.24) is 4.90 Å². The normalized spacial score (nSPS) is 14.0. The average molecular weight is 459 g/mol. The van der Waals surface area contributed by atoms with Crippen molar-refractivity contribution in [3.05, 3.63) is 53.0 Å². The molecule has 0 saturated carbocycles. The molecule has 0 spiro atoms. The molecule has 154 valence electrons. The maximum absolute atomic E-state index is 12.3. The lowest BCUT2D eigenvalue weighted by atomic mass is 10.1. The molecule has 2 amide bonds. The Labute approximate surface area is 180 Å². The Kier molecular flexibility index (Phi) is 7.66. The number of nitrogens with zero attached hydrogens (tertiary/aromatic N) is 2. The van der Waals surface area contributed by atoms with E-state index in [1.54, 1.807) is 11.9 Å². The van der Waals surface area contributed by atoms with E-state index in [9.17, 15) is 9.59 Å². The molecule has 1 aliphatic heterocycles. The van der Waals surface area contributed by atoms with Crippen molar-refractivity contribution < 1.29 is 9.59 Å². The summed E-state index contributed by atoms with van der Waals surface area (Å²) in [5.41, 5.74) is 2.68. The molecule has 2 aromatic carbocycles. The summed E-state index contributed by atoms with van der Waals surface area (Å²) in [6.07, 6.45) is 3.78. The van der Waals surface area contributed by atoms with Gasteiger partial charge in [-0.25, -0.2) is 0 Å². The topological polar surface area (TPSA) is 64.7 Å². The summed E-state index contributed by atoms with van der Waals surface area (Å²) >= 11 is 3.40. The van der Waals surface area contributed by atoms with Gasteiger partial charge >= 0.3 is 0 Å². The van der Waals surface area contributed by atoms with E-state index < -0.39 is 0 Å². The summed E-state index contributed by atoms with van der Waals surface area (Å²) in [4.78, 5) is 28.6. The fourth-order valence-electron chi connectivity index (χ4n) is 3.41. The van der Waals surface area contributed by atoms with Crippen LogP contribution in [0.3, 0.4) is 0 Å². The van der Waals surface area contributed by atoms with E-state index in [1.807, 2.05) is 36.4 Å². The van der Waals surface area contributed by atoms with Gasteiger partial charge in [-0.2, -0.15) is 0 Å². The van der Waals surface area contributed by atoms with E-state index in [0.717, 1.165) is 23.2 Å². The molecule has 0 unspecified atom stereocenters. The van der Waals surface area contributed by atoms with Crippen molar-refractivity contribution >= 4 is 44.8 Å². The van der Waals surface area contributed by atoms with Gasteiger partial charge in [-0.1, -0.05) is 12.1 Å². The second-order valence-corrected chi connectivity index (χ2v) is 8.20. The van der Waals surface area contributed by atoms with Gasteiger partial charge in [0.25, 0.3) is 0 Å². The summed E-state index contributed by atoms with van der Waals surface area (Å²) in [6.45, 7) is 2.45. The van der Waals surface area contributed by atoms with Gasteiger partial charge in [0, 0.05) is 28.9 Å². The van der Waals surface area contributed by atoms with Gasteiger partial charge in [-0.3, -0.25) is 14.5 Å². The molecule has 0 atom stereocenters. The highest BCUT2D eigenvalue weighted by atomic mass is 79.9. The lowest BCUT2D eigenvalue weighted by Crippen LogP contribution is -2.36. The minimum atomic E-state index is -0.168. The maximum atomic E-state index is 12.3. The van der Waals surface area contributed by atoms with Gasteiger partial charge < -0.3 is 15.5 Å². The number of hydrogen-bond donors (Lipinski definition) is 2. The number of likely N-dealkylation sites (N-methyl/N-ethyl adjacent to an activating group) is 1. The van der Waals surface area contributed by atoms with E-state index >= 15 is 0 Å². The molecule has 29 heavy (non-hydrogen) atoms. The monoisotopic (exact) mass is 458 g/mol. The van der Waals surface area contributed by atoms with E-state index in [2.05, 4.69) is 43.6 Å². The number of carbonyl (C=O) groups excluding carboxylic acids is 2. The molecule has 1 saturated heterocycles. The zero-order chi connectivity index (χ0) is 20.6. The first kappa shape index (κ1) is 21.3. The van der Waals surface area contributed by atoms with Crippen molar-refractivity contribution in [3.63, 3.8) is 0 Å². The van der Waals surface area contributed by atoms with Gasteiger partial charge in [-0.15, -0.1) is 0 Å². The van der Waals surface area contributed by atoms with Crippen molar-refractivity contribution in [1.29, 1.82) is 0 Å². The van der Waals surface area contributed by atoms with Crippen LogP contribution in [0.4, 0.5) is 17.1 Å². The SMILES string of the molecule is CN(CC(=O)Nc1ccc(N2CCCCC2)cc1)CC(=O)Nc1ccccc1Br. The smallest absolute Gasteiger partial charge is 0.238 e. The van der Waals surface area contributed by atoms with Crippen molar-refractivity contribution in [2.24, 2.45) is 0 Å². The number of para-hydroxylation sites is 1. The molecule has 6 nitrogen and oxygen atoms in total. The fourth-order valence-corrected chi connectivity index (χ4v) is 3.79. The molecule has 2 aromatic rings. The number of piperidine rings is 1. The Morgan fingerprint density at radius 1 is 0.931 bits per heavy atom. The number of anilines is 3. The van der Waals surface area contributed by atoms with E-state index in [4.69, 9.17) is 0 Å². The first-order chi connectivity index (χ1) is 14.0. The highest BCUT2D eigenvalue weighted by Crippen LogP contribution is 2.22. The molecule has 0 bridgehead atoms.